The van der Waals surface area contributed by atoms with Crippen LogP contribution >= 0.6 is 7.82 Å². The Labute approximate surface area is 199 Å². The molecule has 1 rings (SSSR count). The molecular weight excluding hydrogens is 503 g/mol. The third-order valence-electron chi connectivity index (χ3n) is 4.80. The number of benzene rings is 1. The van der Waals surface area contributed by atoms with E-state index in [1.165, 1.54) is 40.0 Å². The van der Waals surface area contributed by atoms with Gasteiger partial charge in [-0.25, -0.2) is 0 Å². The first kappa shape index (κ1) is 28.7. The molecule has 0 aliphatic heterocycles. The van der Waals surface area contributed by atoms with E-state index in [1.807, 2.05) is 6.07 Å². The molecule has 1 aromatic carbocycles. The Morgan fingerprint density at radius 1 is 0.893 bits per heavy atom. The summed E-state index contributed by atoms with van der Waals surface area (Å²) >= 11 is 1.17. The molecule has 2 atom stereocenters. The van der Waals surface area contributed by atoms with Crippen molar-refractivity contribution in [3.63, 3.8) is 0 Å². The summed E-state index contributed by atoms with van der Waals surface area (Å²) in [6, 6.07) is 10.5. The van der Waals surface area contributed by atoms with Gasteiger partial charge in [0.15, 0.2) is 0 Å². The summed E-state index contributed by atoms with van der Waals surface area (Å²) < 4.78 is 23.4. The maximum atomic E-state index is 11.8. The van der Waals surface area contributed by atoms with Gasteiger partial charge < -0.3 is 13.9 Å². The minimum atomic E-state index is -4.14. The van der Waals surface area contributed by atoms with Crippen molar-refractivity contribution in [1.29, 1.82) is 0 Å². The Bertz CT molecular complexity index is 489. The zero-order valence-corrected chi connectivity index (χ0v) is 22.3. The summed E-state index contributed by atoms with van der Waals surface area (Å²) in [6.45, 7) is 8.91. The van der Waals surface area contributed by atoms with Crippen molar-refractivity contribution >= 4 is 9.04 Å². The van der Waals surface area contributed by atoms with E-state index >= 15 is 0 Å². The summed E-state index contributed by atoms with van der Waals surface area (Å²) in [6.07, 6.45) is 8.38. The monoisotopic (exact) mass is 540 g/mol. The van der Waals surface area contributed by atoms with Crippen LogP contribution in [-0.2, 0) is 13.6 Å². The molecule has 6 heteroatoms. The molecule has 0 aliphatic rings. The Morgan fingerprint density at radius 2 is 1.32 bits per heavy atom. The van der Waals surface area contributed by atoms with E-state index in [9.17, 15) is 9.46 Å². The predicted octanol–water partition coefficient (Wildman–Crippen LogP) is 5.78. The first-order valence-corrected chi connectivity index (χ1v) is 13.8. The quantitative estimate of drug-likeness (QED) is 0.280. The van der Waals surface area contributed by atoms with Gasteiger partial charge in [0.2, 0.25) is 0 Å². The van der Waals surface area contributed by atoms with E-state index in [2.05, 4.69) is 52.0 Å². The Hall–Kier alpha value is 0.681. The molecule has 0 aromatic heterocycles. The van der Waals surface area contributed by atoms with E-state index < -0.39 is 7.82 Å². The van der Waals surface area contributed by atoms with Crippen molar-refractivity contribution in [3.05, 3.63) is 30.3 Å². The van der Waals surface area contributed by atoms with Gasteiger partial charge in [0.05, 0.1) is 13.2 Å². The molecule has 0 radical (unpaired) electrons. The van der Waals surface area contributed by atoms with Gasteiger partial charge in [0.1, 0.15) is 0 Å². The molecule has 0 bridgehead atoms. The van der Waals surface area contributed by atoms with E-state index in [1.54, 1.807) is 0 Å². The van der Waals surface area contributed by atoms with Crippen molar-refractivity contribution in [3.8, 4) is 0 Å². The Morgan fingerprint density at radius 3 is 1.61 bits per heavy atom. The summed E-state index contributed by atoms with van der Waals surface area (Å²) in [4.78, 5) is 11.8. The van der Waals surface area contributed by atoms with E-state index in [-0.39, 0.29) is 13.2 Å². The average Bonchev–Trinajstić information content (AvgIpc) is 2.69. The molecule has 0 fully saturated rings. The van der Waals surface area contributed by atoms with Gasteiger partial charge in [-0.3, -0.25) is 4.57 Å². The first-order valence-electron chi connectivity index (χ1n) is 10.7. The SMILES string of the molecule is CCCCC(CC)COP(=O)([O-])OCC(CC)CCCC.[Nd+][c]1ccccc1. The number of rotatable bonds is 14. The molecule has 0 saturated heterocycles. The van der Waals surface area contributed by atoms with Crippen molar-refractivity contribution in [2.24, 2.45) is 11.8 Å². The van der Waals surface area contributed by atoms with Crippen LogP contribution < -0.4 is 6.11 Å². The van der Waals surface area contributed by atoms with Gasteiger partial charge in [-0.2, -0.15) is 0 Å². The van der Waals surface area contributed by atoms with Crippen LogP contribution in [0.2, 0.25) is 0 Å². The van der Waals surface area contributed by atoms with Gasteiger partial charge in [-0.05, 0) is 24.7 Å². The van der Waals surface area contributed by atoms with Crippen LogP contribution in [0.5, 0.6) is 0 Å². The van der Waals surface area contributed by atoms with Gasteiger partial charge in [0, 0.05) is 0 Å². The Balaban J connectivity index is 0.000000861. The molecule has 0 amide bonds. The van der Waals surface area contributed by atoms with Crippen molar-refractivity contribution < 1.29 is 57.3 Å². The van der Waals surface area contributed by atoms with Gasteiger partial charge in [-0.1, -0.05) is 66.2 Å². The fourth-order valence-corrected chi connectivity index (χ4v) is 4.14. The topological polar surface area (TPSA) is 58.6 Å². The second-order valence-electron chi connectivity index (χ2n) is 7.24. The first-order chi connectivity index (χ1) is 13.4. The molecule has 160 valence electrons. The number of unbranched alkanes of at least 4 members (excludes halogenated alkanes) is 2. The minimum absolute atomic E-state index is 0.253. The molecule has 0 spiro atoms. The average molecular weight is 543 g/mol. The maximum absolute atomic E-state index is 11.8. The molecule has 28 heavy (non-hydrogen) atoms. The zero-order valence-electron chi connectivity index (χ0n) is 18.2. The second-order valence-corrected chi connectivity index (χ2v) is 10.5. The molecule has 4 nitrogen and oxygen atoms in total. The van der Waals surface area contributed by atoms with Crippen LogP contribution in [0.25, 0.3) is 0 Å². The molecular formula is C22H39NdO4P. The van der Waals surface area contributed by atoms with Gasteiger partial charge in [0.25, 0.3) is 7.82 Å². The number of phosphoric acid groups is 1. The fraction of sp³-hybridized carbons (Fsp3) is 0.727. The molecule has 0 aliphatic carbocycles. The van der Waals surface area contributed by atoms with E-state index in [4.69, 9.17) is 9.05 Å². The zero-order chi connectivity index (χ0) is 21.3. The third-order valence-corrected chi connectivity index (χ3v) is 6.80. The number of hydrogen-bond donors (Lipinski definition) is 0. The standard InChI is InChI=1S/C16H35O4P.C6H5.Nd/c1-5-9-11-15(7-3)13-19-21(17,18)20-14-16(8-4)12-10-6-2;1-2-4-6-5-3-1;/h15-16H,5-14H2,1-4H3,(H,17,18);1-5H;/q;;+1/p-1. The molecule has 0 heterocycles. The van der Waals surface area contributed by atoms with E-state index in [0.717, 1.165) is 51.4 Å². The number of phosphoric ester groups is 1. The Kier molecular flexibility index (Phi) is 18.9. The van der Waals surface area contributed by atoms with Crippen LogP contribution in [0, 0.1) is 50.6 Å². The van der Waals surface area contributed by atoms with E-state index in [0.29, 0.717) is 11.8 Å². The van der Waals surface area contributed by atoms with Crippen LogP contribution in [0.15, 0.2) is 30.3 Å². The molecule has 2 unspecified atom stereocenters. The molecule has 0 saturated carbocycles. The summed E-state index contributed by atoms with van der Waals surface area (Å²) in [5, 5.41) is 0. The third kappa shape index (κ3) is 16.5. The van der Waals surface area contributed by atoms with Crippen LogP contribution in [0.1, 0.15) is 79.1 Å². The van der Waals surface area contributed by atoms with Crippen LogP contribution in [-0.4, -0.2) is 13.2 Å². The van der Waals surface area contributed by atoms with Gasteiger partial charge in [-0.15, -0.1) is 0 Å². The summed E-state index contributed by atoms with van der Waals surface area (Å²) in [5.74, 6) is 0.607. The molecule has 0 N–H and O–H groups in total. The van der Waals surface area contributed by atoms with Crippen molar-refractivity contribution in [2.75, 3.05) is 13.2 Å². The van der Waals surface area contributed by atoms with Gasteiger partial charge >= 0.3 is 70.3 Å². The number of hydrogen-bond acceptors (Lipinski definition) is 4. The van der Waals surface area contributed by atoms with Crippen LogP contribution in [0.4, 0.5) is 0 Å². The molecule has 1 aromatic rings. The predicted molar refractivity (Wildman–Crippen MR) is 112 cm³/mol. The fourth-order valence-electron chi connectivity index (χ4n) is 2.67. The van der Waals surface area contributed by atoms with Crippen molar-refractivity contribution in [2.45, 2.75) is 79.1 Å². The van der Waals surface area contributed by atoms with Crippen LogP contribution in [0.3, 0.4) is 0 Å². The summed E-state index contributed by atoms with van der Waals surface area (Å²) in [5.41, 5.74) is 0. The summed E-state index contributed by atoms with van der Waals surface area (Å²) in [7, 11) is -4.14. The second kappa shape index (κ2) is 18.4. The van der Waals surface area contributed by atoms with Crippen molar-refractivity contribution in [1.82, 2.24) is 0 Å². The normalized spacial score (nSPS) is 15.1.